The van der Waals surface area contributed by atoms with E-state index in [1.807, 2.05) is 0 Å². The molecule has 0 unspecified atom stereocenters. The molecule has 1 aliphatic rings. The molecule has 152 valence electrons. The van der Waals surface area contributed by atoms with Crippen molar-refractivity contribution in [3.05, 3.63) is 40.1 Å². The molecule has 3 rings (SSSR count). The normalized spacial score (nSPS) is 21.4. The van der Waals surface area contributed by atoms with Gasteiger partial charge in [-0.15, -0.1) is 10.2 Å². The maximum Gasteiger partial charge on any atom is 0.413 e. The first kappa shape index (κ1) is 20.8. The molecule has 1 aromatic heterocycles. The van der Waals surface area contributed by atoms with Crippen molar-refractivity contribution < 1.29 is 18.0 Å². The van der Waals surface area contributed by atoms with Gasteiger partial charge in [-0.2, -0.15) is 18.0 Å². The van der Waals surface area contributed by atoms with Crippen molar-refractivity contribution in [1.29, 1.82) is 0 Å². The second kappa shape index (κ2) is 8.18. The molecule has 0 aliphatic heterocycles. The lowest BCUT2D eigenvalue weighted by Gasteiger charge is -2.35. The van der Waals surface area contributed by atoms with Crippen molar-refractivity contribution in [3.8, 4) is 0 Å². The van der Waals surface area contributed by atoms with Gasteiger partial charge in [0.1, 0.15) is 0 Å². The highest BCUT2D eigenvalue weighted by molar-refractivity contribution is 9.10. The van der Waals surface area contributed by atoms with Gasteiger partial charge in [-0.1, -0.05) is 28.1 Å². The van der Waals surface area contributed by atoms with Crippen molar-refractivity contribution in [1.82, 2.24) is 25.1 Å². The van der Waals surface area contributed by atoms with E-state index in [2.05, 4.69) is 31.3 Å². The molecule has 10 heteroatoms. The Morgan fingerprint density at radius 1 is 1.21 bits per heavy atom. The fraction of sp³-hybridized carbons (Fsp3) is 0.556. The summed E-state index contributed by atoms with van der Waals surface area (Å²) in [5, 5.41) is 12.0. The summed E-state index contributed by atoms with van der Waals surface area (Å²) in [4.78, 5) is 15.1. The van der Waals surface area contributed by atoms with E-state index in [1.54, 1.807) is 19.2 Å². The summed E-state index contributed by atoms with van der Waals surface area (Å²) in [6.07, 6.45) is -2.22. The van der Waals surface area contributed by atoms with Gasteiger partial charge in [-0.3, -0.25) is 4.79 Å². The summed E-state index contributed by atoms with van der Waals surface area (Å²) >= 11 is 3.22. The Morgan fingerprint density at radius 3 is 2.32 bits per heavy atom. The minimum absolute atomic E-state index is 0.0454. The zero-order valence-electron chi connectivity index (χ0n) is 15.5. The van der Waals surface area contributed by atoms with Crippen LogP contribution < -0.4 is 0 Å². The number of tetrazole rings is 1. The molecule has 1 aliphatic carbocycles. The quantitative estimate of drug-likeness (QED) is 0.692. The molecule has 0 bridgehead atoms. The first-order chi connectivity index (χ1) is 13.2. The molecule has 1 heterocycles. The lowest BCUT2D eigenvalue weighted by Crippen LogP contribution is -2.43. The Morgan fingerprint density at radius 2 is 1.82 bits per heavy atom. The lowest BCUT2D eigenvalue weighted by molar-refractivity contribution is -0.191. The molecule has 0 saturated heterocycles. The number of halogens is 4. The van der Waals surface area contributed by atoms with E-state index in [1.165, 1.54) is 24.0 Å². The standard InChI is InChI=1S/C18H21BrF3N5O/c1-26(15(18(20,21)22)11-7-9-14(19)10-8-11)17(28)13-5-3-12(4-6-13)16-23-25-27(2)24-16/h7-10,12-13,15H,3-6H2,1-2H3/t12?,13?,15-/m0/s1. The third kappa shape index (κ3) is 4.53. The van der Waals surface area contributed by atoms with Crippen molar-refractivity contribution in [2.24, 2.45) is 13.0 Å². The Hall–Kier alpha value is -1.97. The SMILES string of the molecule is CN(C(=O)C1CCC(c2nnn(C)n2)CC1)[C@@H](c1ccc(Br)cc1)C(F)(F)F. The first-order valence-corrected chi connectivity index (χ1v) is 9.79. The topological polar surface area (TPSA) is 63.9 Å². The van der Waals surface area contributed by atoms with Crippen molar-refractivity contribution in [2.75, 3.05) is 7.05 Å². The summed E-state index contributed by atoms with van der Waals surface area (Å²) in [6.45, 7) is 0. The fourth-order valence-electron chi connectivity index (χ4n) is 3.75. The Kier molecular flexibility index (Phi) is 6.07. The van der Waals surface area contributed by atoms with Crippen LogP contribution in [0.3, 0.4) is 0 Å². The average molecular weight is 460 g/mol. The zero-order chi connectivity index (χ0) is 20.5. The Balaban J connectivity index is 1.70. The second-order valence-corrected chi connectivity index (χ2v) is 8.05. The monoisotopic (exact) mass is 459 g/mol. The molecule has 2 aromatic rings. The molecule has 1 atom stereocenters. The molecular formula is C18H21BrF3N5O. The molecule has 0 N–H and O–H groups in total. The first-order valence-electron chi connectivity index (χ1n) is 8.99. The van der Waals surface area contributed by atoms with Crippen LogP contribution >= 0.6 is 15.9 Å². The van der Waals surface area contributed by atoms with E-state index in [4.69, 9.17) is 0 Å². The van der Waals surface area contributed by atoms with Crippen LogP contribution in [0.1, 0.15) is 49.0 Å². The fourth-order valence-corrected chi connectivity index (χ4v) is 4.02. The molecule has 1 aromatic carbocycles. The number of rotatable bonds is 4. The van der Waals surface area contributed by atoms with E-state index in [0.717, 1.165) is 4.90 Å². The smallest absolute Gasteiger partial charge is 0.330 e. The van der Waals surface area contributed by atoms with E-state index in [9.17, 15) is 18.0 Å². The van der Waals surface area contributed by atoms with Gasteiger partial charge >= 0.3 is 6.18 Å². The van der Waals surface area contributed by atoms with E-state index in [-0.39, 0.29) is 11.5 Å². The van der Waals surface area contributed by atoms with Gasteiger partial charge in [-0.25, -0.2) is 0 Å². The summed E-state index contributed by atoms with van der Waals surface area (Å²) in [5.41, 5.74) is 0.0454. The maximum atomic E-state index is 13.7. The number of aryl methyl sites for hydroxylation is 1. The second-order valence-electron chi connectivity index (χ2n) is 7.13. The highest BCUT2D eigenvalue weighted by Crippen LogP contribution is 2.40. The number of benzene rings is 1. The molecule has 1 fully saturated rings. The summed E-state index contributed by atoms with van der Waals surface area (Å²) < 4.78 is 41.9. The zero-order valence-corrected chi connectivity index (χ0v) is 17.1. The van der Waals surface area contributed by atoms with Gasteiger partial charge in [0.15, 0.2) is 11.9 Å². The van der Waals surface area contributed by atoms with Crippen LogP contribution in [0.15, 0.2) is 28.7 Å². The predicted molar refractivity (Wildman–Crippen MR) is 99.2 cm³/mol. The van der Waals surface area contributed by atoms with Gasteiger partial charge in [0.25, 0.3) is 0 Å². The van der Waals surface area contributed by atoms with E-state index < -0.39 is 24.0 Å². The minimum Gasteiger partial charge on any atom is -0.330 e. The van der Waals surface area contributed by atoms with Crippen LogP contribution in [0.4, 0.5) is 13.2 Å². The number of amides is 1. The Labute approximate surface area is 169 Å². The van der Waals surface area contributed by atoms with Crippen LogP contribution in [0, 0.1) is 5.92 Å². The van der Waals surface area contributed by atoms with Crippen LogP contribution in [0.2, 0.25) is 0 Å². The lowest BCUT2D eigenvalue weighted by atomic mass is 9.81. The molecule has 0 radical (unpaired) electrons. The molecule has 28 heavy (non-hydrogen) atoms. The molecule has 1 amide bonds. The summed E-state index contributed by atoms with van der Waals surface area (Å²) in [7, 11) is 2.92. The maximum absolute atomic E-state index is 13.7. The van der Waals surface area contributed by atoms with E-state index >= 15 is 0 Å². The number of nitrogens with zero attached hydrogens (tertiary/aromatic N) is 5. The highest BCUT2D eigenvalue weighted by atomic mass is 79.9. The molecule has 6 nitrogen and oxygen atoms in total. The van der Waals surface area contributed by atoms with Crippen molar-refractivity contribution >= 4 is 21.8 Å². The number of hydrogen-bond donors (Lipinski definition) is 0. The molecule has 1 saturated carbocycles. The Bertz CT molecular complexity index is 815. The van der Waals surface area contributed by atoms with Gasteiger partial charge in [-0.05, 0) is 48.6 Å². The minimum atomic E-state index is -4.56. The van der Waals surface area contributed by atoms with Gasteiger partial charge in [0.2, 0.25) is 5.91 Å². The number of carbonyl (C=O) groups is 1. The van der Waals surface area contributed by atoms with Crippen LogP contribution in [0.5, 0.6) is 0 Å². The van der Waals surface area contributed by atoms with Gasteiger partial charge < -0.3 is 4.90 Å². The summed E-state index contributed by atoms with van der Waals surface area (Å²) in [6, 6.07) is 3.91. The van der Waals surface area contributed by atoms with Crippen LogP contribution in [-0.2, 0) is 11.8 Å². The van der Waals surface area contributed by atoms with Crippen molar-refractivity contribution in [3.63, 3.8) is 0 Å². The number of aromatic nitrogens is 4. The third-order valence-electron chi connectivity index (χ3n) is 5.20. The third-order valence-corrected chi connectivity index (χ3v) is 5.72. The van der Waals surface area contributed by atoms with Crippen LogP contribution in [0.25, 0.3) is 0 Å². The van der Waals surface area contributed by atoms with Crippen molar-refractivity contribution in [2.45, 2.75) is 43.8 Å². The average Bonchev–Trinajstić information content (AvgIpc) is 3.08. The predicted octanol–water partition coefficient (Wildman–Crippen LogP) is 4.01. The van der Waals surface area contributed by atoms with Gasteiger partial charge in [0.05, 0.1) is 7.05 Å². The van der Waals surface area contributed by atoms with E-state index in [0.29, 0.717) is 36.0 Å². The summed E-state index contributed by atoms with van der Waals surface area (Å²) in [5.74, 6) is -0.188. The molecular weight excluding hydrogens is 439 g/mol. The molecule has 0 spiro atoms. The highest BCUT2D eigenvalue weighted by Gasteiger charge is 2.46. The van der Waals surface area contributed by atoms with Gasteiger partial charge in [0, 0.05) is 23.4 Å². The largest absolute Gasteiger partial charge is 0.413 e. The number of hydrogen-bond acceptors (Lipinski definition) is 4. The van der Waals surface area contributed by atoms with Crippen LogP contribution in [-0.4, -0.2) is 44.2 Å². The number of alkyl halides is 3. The number of carbonyl (C=O) groups excluding carboxylic acids is 1.